The Morgan fingerprint density at radius 2 is 2.00 bits per heavy atom. The molecule has 1 heterocycles. The molecule has 1 saturated carbocycles. The first kappa shape index (κ1) is 10.9. The van der Waals surface area contributed by atoms with Gasteiger partial charge >= 0.3 is 5.97 Å². The zero-order valence-corrected chi connectivity index (χ0v) is 9.48. The zero-order valence-electron chi connectivity index (χ0n) is 9.48. The van der Waals surface area contributed by atoms with E-state index in [4.69, 9.17) is 5.11 Å². The maximum Gasteiger partial charge on any atom is 0.303 e. The van der Waals surface area contributed by atoms with Crippen molar-refractivity contribution in [2.24, 2.45) is 11.8 Å². The Morgan fingerprint density at radius 1 is 1.40 bits per heavy atom. The Hall–Kier alpha value is -0.570. The van der Waals surface area contributed by atoms with E-state index in [9.17, 15) is 4.79 Å². The normalized spacial score (nSPS) is 32.9. The van der Waals surface area contributed by atoms with E-state index in [1.165, 1.54) is 32.4 Å². The maximum absolute atomic E-state index is 10.5. The van der Waals surface area contributed by atoms with Gasteiger partial charge in [0, 0.05) is 25.6 Å². The van der Waals surface area contributed by atoms with Gasteiger partial charge in [-0.15, -0.1) is 0 Å². The van der Waals surface area contributed by atoms with E-state index in [1.807, 2.05) is 0 Å². The van der Waals surface area contributed by atoms with Crippen LogP contribution in [0, 0.1) is 11.8 Å². The van der Waals surface area contributed by atoms with E-state index in [1.54, 1.807) is 0 Å². The van der Waals surface area contributed by atoms with Gasteiger partial charge in [0.15, 0.2) is 0 Å². The van der Waals surface area contributed by atoms with Crippen molar-refractivity contribution >= 4 is 5.97 Å². The number of carboxylic acid groups (broad SMARTS) is 1. The number of carboxylic acids is 1. The second-order valence-corrected chi connectivity index (χ2v) is 5.19. The highest BCUT2D eigenvalue weighted by atomic mass is 16.4. The van der Waals surface area contributed by atoms with Gasteiger partial charge in [-0.3, -0.25) is 4.79 Å². The molecule has 3 unspecified atom stereocenters. The smallest absolute Gasteiger partial charge is 0.303 e. The summed E-state index contributed by atoms with van der Waals surface area (Å²) in [5, 5.41) is 8.65. The molecule has 3 nitrogen and oxygen atoms in total. The molecule has 0 spiro atoms. The summed E-state index contributed by atoms with van der Waals surface area (Å²) >= 11 is 0. The van der Waals surface area contributed by atoms with Gasteiger partial charge in [-0.25, -0.2) is 0 Å². The molecular weight excluding hydrogens is 190 g/mol. The van der Waals surface area contributed by atoms with Crippen LogP contribution < -0.4 is 0 Å². The first-order chi connectivity index (χ1) is 7.16. The van der Waals surface area contributed by atoms with Crippen LogP contribution in [0.2, 0.25) is 0 Å². The molecule has 86 valence electrons. The molecule has 0 aromatic carbocycles. The van der Waals surface area contributed by atoms with Gasteiger partial charge in [0.25, 0.3) is 0 Å². The third kappa shape index (κ3) is 2.51. The van der Waals surface area contributed by atoms with Crippen LogP contribution in [0.4, 0.5) is 0 Å². The van der Waals surface area contributed by atoms with Gasteiger partial charge in [0.1, 0.15) is 0 Å². The summed E-state index contributed by atoms with van der Waals surface area (Å²) in [5.41, 5.74) is 0. The van der Waals surface area contributed by atoms with E-state index in [0.29, 0.717) is 12.5 Å². The lowest BCUT2D eigenvalue weighted by Crippen LogP contribution is -2.32. The van der Waals surface area contributed by atoms with Gasteiger partial charge < -0.3 is 10.0 Å². The van der Waals surface area contributed by atoms with Gasteiger partial charge in [-0.1, -0.05) is 6.42 Å². The van der Waals surface area contributed by atoms with Crippen LogP contribution in [0.5, 0.6) is 0 Å². The third-order valence-corrected chi connectivity index (χ3v) is 4.15. The van der Waals surface area contributed by atoms with Gasteiger partial charge in [0.05, 0.1) is 0 Å². The van der Waals surface area contributed by atoms with Crippen LogP contribution in [-0.4, -0.2) is 35.1 Å². The number of carbonyl (C=O) groups is 1. The molecule has 3 atom stereocenters. The minimum Gasteiger partial charge on any atom is -0.481 e. The first-order valence-corrected chi connectivity index (χ1v) is 6.12. The molecule has 0 bridgehead atoms. The van der Waals surface area contributed by atoms with Crippen molar-refractivity contribution in [3.8, 4) is 0 Å². The summed E-state index contributed by atoms with van der Waals surface area (Å²) in [5.74, 6) is 1.16. The number of hydrogen-bond acceptors (Lipinski definition) is 2. The fourth-order valence-corrected chi connectivity index (χ4v) is 3.15. The molecule has 0 aromatic rings. The number of aliphatic carboxylic acids is 1. The largest absolute Gasteiger partial charge is 0.481 e. The van der Waals surface area contributed by atoms with Crippen LogP contribution in [0.1, 0.15) is 39.0 Å². The minimum atomic E-state index is -0.666. The topological polar surface area (TPSA) is 40.5 Å². The highest BCUT2D eigenvalue weighted by Crippen LogP contribution is 2.38. The van der Waals surface area contributed by atoms with Gasteiger partial charge in [-0.05, 0) is 38.0 Å². The van der Waals surface area contributed by atoms with Crippen LogP contribution in [0.3, 0.4) is 0 Å². The summed E-state index contributed by atoms with van der Waals surface area (Å²) in [6, 6.07) is 0.451. The highest BCUT2D eigenvalue weighted by molar-refractivity contribution is 5.66. The third-order valence-electron chi connectivity index (χ3n) is 4.15. The molecule has 1 N–H and O–H groups in total. The van der Waals surface area contributed by atoms with Gasteiger partial charge in [-0.2, -0.15) is 0 Å². The molecule has 2 aliphatic rings. The number of nitrogens with zero attached hydrogens (tertiary/aromatic N) is 1. The summed E-state index contributed by atoms with van der Waals surface area (Å²) in [4.78, 5) is 13.0. The molecule has 1 aliphatic heterocycles. The van der Waals surface area contributed by atoms with Crippen molar-refractivity contribution in [1.29, 1.82) is 0 Å². The average Bonchev–Trinajstić information content (AvgIpc) is 2.72. The number of likely N-dealkylation sites (tertiary alicyclic amines) is 1. The Bertz CT molecular complexity index is 230. The number of rotatable bonds is 4. The molecule has 2 rings (SSSR count). The zero-order chi connectivity index (χ0) is 10.8. The fraction of sp³-hybridized carbons (Fsp3) is 0.917. The standard InChI is InChI=1S/C12H21NO2/c1-9(5-6-12(14)15)13-7-10-3-2-4-11(10)8-13/h9-11H,2-8H2,1H3,(H,14,15). The summed E-state index contributed by atoms with van der Waals surface area (Å²) in [6.45, 7) is 4.60. The van der Waals surface area contributed by atoms with Crippen LogP contribution >= 0.6 is 0 Å². The Balaban J connectivity index is 1.77. The van der Waals surface area contributed by atoms with Crippen LogP contribution in [-0.2, 0) is 4.79 Å². The molecule has 1 saturated heterocycles. The van der Waals surface area contributed by atoms with Crippen LogP contribution in [0.25, 0.3) is 0 Å². The first-order valence-electron chi connectivity index (χ1n) is 6.12. The van der Waals surface area contributed by atoms with E-state index in [-0.39, 0.29) is 0 Å². The minimum absolute atomic E-state index is 0.312. The average molecular weight is 211 g/mol. The maximum atomic E-state index is 10.5. The number of fused-ring (bicyclic) bond motifs is 1. The fourth-order valence-electron chi connectivity index (χ4n) is 3.15. The van der Waals surface area contributed by atoms with E-state index < -0.39 is 5.97 Å². The molecule has 0 radical (unpaired) electrons. The van der Waals surface area contributed by atoms with Crippen molar-refractivity contribution in [3.63, 3.8) is 0 Å². The SMILES string of the molecule is CC(CCC(=O)O)N1CC2CCCC2C1. The Labute approximate surface area is 91.5 Å². The summed E-state index contributed by atoms with van der Waals surface area (Å²) < 4.78 is 0. The van der Waals surface area contributed by atoms with Crippen molar-refractivity contribution in [2.45, 2.75) is 45.1 Å². The van der Waals surface area contributed by atoms with E-state index in [2.05, 4.69) is 11.8 Å². The lowest BCUT2D eigenvalue weighted by molar-refractivity contribution is -0.137. The second kappa shape index (κ2) is 4.52. The highest BCUT2D eigenvalue weighted by Gasteiger charge is 2.37. The molecular formula is C12H21NO2. The van der Waals surface area contributed by atoms with Crippen molar-refractivity contribution in [2.75, 3.05) is 13.1 Å². The summed E-state index contributed by atoms with van der Waals surface area (Å²) in [7, 11) is 0. The molecule has 0 aromatic heterocycles. The van der Waals surface area contributed by atoms with Crippen molar-refractivity contribution < 1.29 is 9.90 Å². The predicted molar refractivity (Wildman–Crippen MR) is 58.7 cm³/mol. The molecule has 3 heteroatoms. The lowest BCUT2D eigenvalue weighted by atomic mass is 10.0. The van der Waals surface area contributed by atoms with Crippen molar-refractivity contribution in [1.82, 2.24) is 4.90 Å². The molecule has 1 aliphatic carbocycles. The van der Waals surface area contributed by atoms with E-state index in [0.717, 1.165) is 18.3 Å². The Morgan fingerprint density at radius 3 is 2.53 bits per heavy atom. The van der Waals surface area contributed by atoms with Crippen molar-refractivity contribution in [3.05, 3.63) is 0 Å². The van der Waals surface area contributed by atoms with Gasteiger partial charge in [0.2, 0.25) is 0 Å². The van der Waals surface area contributed by atoms with E-state index >= 15 is 0 Å². The molecule has 15 heavy (non-hydrogen) atoms. The molecule has 0 amide bonds. The quantitative estimate of drug-likeness (QED) is 0.773. The Kier molecular flexibility index (Phi) is 3.29. The summed E-state index contributed by atoms with van der Waals surface area (Å²) in [6.07, 6.45) is 5.31. The lowest BCUT2D eigenvalue weighted by Gasteiger charge is -2.24. The molecule has 2 fully saturated rings. The number of hydrogen-bond donors (Lipinski definition) is 1. The van der Waals surface area contributed by atoms with Crippen LogP contribution in [0.15, 0.2) is 0 Å². The second-order valence-electron chi connectivity index (χ2n) is 5.19. The monoisotopic (exact) mass is 211 g/mol. The predicted octanol–water partition coefficient (Wildman–Crippen LogP) is 1.97.